The van der Waals surface area contributed by atoms with E-state index < -0.39 is 0 Å². The molecule has 0 saturated heterocycles. The molecule has 0 spiro atoms. The first-order valence-electron chi connectivity index (χ1n) is 8.33. The zero-order valence-electron chi connectivity index (χ0n) is 14.2. The Hall–Kier alpha value is -3.80. The highest BCUT2D eigenvalue weighted by molar-refractivity contribution is 6.08. The van der Waals surface area contributed by atoms with Gasteiger partial charge < -0.3 is 10.6 Å². The summed E-state index contributed by atoms with van der Waals surface area (Å²) >= 11 is 0. The topological polar surface area (TPSA) is 66.9 Å². The van der Waals surface area contributed by atoms with Crippen molar-refractivity contribution in [1.29, 1.82) is 0 Å². The quantitative estimate of drug-likeness (QED) is 0.552. The molecule has 6 heteroatoms. The fourth-order valence-corrected chi connectivity index (χ4v) is 2.75. The monoisotopic (exact) mass is 358 g/mol. The molecular formula is C21H15FN4O. The number of pyridine rings is 2. The molecule has 0 bridgehead atoms. The number of anilines is 3. The summed E-state index contributed by atoms with van der Waals surface area (Å²) in [6.45, 7) is 0. The van der Waals surface area contributed by atoms with Gasteiger partial charge in [0.25, 0.3) is 5.91 Å². The lowest BCUT2D eigenvalue weighted by Gasteiger charge is -2.10. The molecule has 5 nitrogen and oxygen atoms in total. The minimum Gasteiger partial charge on any atom is -0.340 e. The largest absolute Gasteiger partial charge is 0.340 e. The molecule has 2 aromatic heterocycles. The molecule has 4 rings (SSSR count). The van der Waals surface area contributed by atoms with Crippen LogP contribution in [0.4, 0.5) is 21.6 Å². The van der Waals surface area contributed by atoms with Gasteiger partial charge in [-0.1, -0.05) is 24.3 Å². The molecule has 2 heterocycles. The smallest absolute Gasteiger partial charge is 0.255 e. The lowest BCUT2D eigenvalue weighted by molar-refractivity contribution is 0.102. The predicted molar refractivity (Wildman–Crippen MR) is 104 cm³/mol. The summed E-state index contributed by atoms with van der Waals surface area (Å²) in [4.78, 5) is 21.2. The summed E-state index contributed by atoms with van der Waals surface area (Å²) < 4.78 is 13.3. The molecule has 0 atom stereocenters. The molecule has 0 fully saturated rings. The Kier molecular flexibility index (Phi) is 4.45. The average Bonchev–Trinajstić information content (AvgIpc) is 2.68. The normalized spacial score (nSPS) is 10.6. The highest BCUT2D eigenvalue weighted by Gasteiger charge is 2.10. The van der Waals surface area contributed by atoms with Crippen LogP contribution < -0.4 is 10.6 Å². The summed E-state index contributed by atoms with van der Waals surface area (Å²) in [5.41, 5.74) is 2.34. The maximum Gasteiger partial charge on any atom is 0.255 e. The third-order valence-electron chi connectivity index (χ3n) is 4.00. The van der Waals surface area contributed by atoms with E-state index in [0.717, 1.165) is 10.9 Å². The number of hydrogen-bond donors (Lipinski definition) is 2. The van der Waals surface area contributed by atoms with E-state index in [0.29, 0.717) is 22.8 Å². The fraction of sp³-hybridized carbons (Fsp3) is 0. The summed E-state index contributed by atoms with van der Waals surface area (Å²) in [6.07, 6.45) is 3.21. The first kappa shape index (κ1) is 16.7. The maximum atomic E-state index is 13.3. The van der Waals surface area contributed by atoms with Gasteiger partial charge in [0.05, 0.1) is 11.2 Å². The number of benzene rings is 2. The van der Waals surface area contributed by atoms with Gasteiger partial charge in [-0.2, -0.15) is 0 Å². The van der Waals surface area contributed by atoms with Crippen LogP contribution >= 0.6 is 0 Å². The summed E-state index contributed by atoms with van der Waals surface area (Å²) in [6, 6.07) is 18.7. The first-order valence-corrected chi connectivity index (χ1v) is 8.33. The van der Waals surface area contributed by atoms with Crippen LogP contribution in [0, 0.1) is 5.82 Å². The lowest BCUT2D eigenvalue weighted by atomic mass is 10.1. The van der Waals surface area contributed by atoms with Crippen molar-refractivity contribution in [3.05, 3.63) is 90.5 Å². The van der Waals surface area contributed by atoms with Gasteiger partial charge in [0.1, 0.15) is 11.6 Å². The molecule has 4 aromatic rings. The van der Waals surface area contributed by atoms with E-state index in [1.54, 1.807) is 36.5 Å². The van der Waals surface area contributed by atoms with Crippen LogP contribution in [0.2, 0.25) is 0 Å². The van der Waals surface area contributed by atoms with E-state index in [9.17, 15) is 9.18 Å². The minimum absolute atomic E-state index is 0.280. The second kappa shape index (κ2) is 7.21. The molecule has 0 aliphatic carbocycles. The summed E-state index contributed by atoms with van der Waals surface area (Å²) in [5, 5.41) is 6.82. The van der Waals surface area contributed by atoms with Gasteiger partial charge in [-0.3, -0.25) is 9.78 Å². The van der Waals surface area contributed by atoms with E-state index in [4.69, 9.17) is 0 Å². The maximum absolute atomic E-state index is 13.3. The molecule has 0 radical (unpaired) electrons. The second-order valence-electron chi connectivity index (χ2n) is 5.90. The SMILES string of the molecule is O=C(Nc1cccc2cccnc12)c1ccnc(Nc2cccc(F)c2)c1. The highest BCUT2D eigenvalue weighted by atomic mass is 19.1. The van der Waals surface area contributed by atoms with Crippen molar-refractivity contribution in [1.82, 2.24) is 9.97 Å². The van der Waals surface area contributed by atoms with Crippen molar-refractivity contribution in [2.45, 2.75) is 0 Å². The Morgan fingerprint density at radius 1 is 0.889 bits per heavy atom. The van der Waals surface area contributed by atoms with Crippen molar-refractivity contribution in [2.75, 3.05) is 10.6 Å². The van der Waals surface area contributed by atoms with Gasteiger partial charge >= 0.3 is 0 Å². The summed E-state index contributed by atoms with van der Waals surface area (Å²) in [5.74, 6) is -0.181. The third-order valence-corrected chi connectivity index (χ3v) is 4.00. The van der Waals surface area contributed by atoms with Crippen LogP contribution in [0.5, 0.6) is 0 Å². The van der Waals surface area contributed by atoms with Crippen LogP contribution in [-0.4, -0.2) is 15.9 Å². The zero-order valence-corrected chi connectivity index (χ0v) is 14.2. The van der Waals surface area contributed by atoms with Crippen molar-refractivity contribution < 1.29 is 9.18 Å². The van der Waals surface area contributed by atoms with Crippen molar-refractivity contribution >= 4 is 34.0 Å². The van der Waals surface area contributed by atoms with Gasteiger partial charge in [-0.05, 0) is 42.5 Å². The number of amides is 1. The molecule has 2 N–H and O–H groups in total. The Bertz CT molecular complexity index is 1120. The number of nitrogens with zero attached hydrogens (tertiary/aromatic N) is 2. The number of carbonyl (C=O) groups is 1. The number of aromatic nitrogens is 2. The van der Waals surface area contributed by atoms with Crippen LogP contribution in [-0.2, 0) is 0 Å². The number of fused-ring (bicyclic) bond motifs is 1. The van der Waals surface area contributed by atoms with Crippen LogP contribution in [0.25, 0.3) is 10.9 Å². The number of carbonyl (C=O) groups excluding carboxylic acids is 1. The standard InChI is InChI=1S/C21H15FN4O/c22-16-6-2-7-17(13-16)25-19-12-15(9-11-23-19)21(27)26-18-8-1-4-14-5-3-10-24-20(14)18/h1-13H,(H,23,25)(H,26,27). The van der Waals surface area contributed by atoms with Crippen molar-refractivity contribution in [2.24, 2.45) is 0 Å². The van der Waals surface area contributed by atoms with Gasteiger partial charge in [-0.25, -0.2) is 9.37 Å². The van der Waals surface area contributed by atoms with E-state index in [1.807, 2.05) is 24.3 Å². The van der Waals surface area contributed by atoms with Gasteiger partial charge in [0, 0.05) is 29.0 Å². The van der Waals surface area contributed by atoms with E-state index >= 15 is 0 Å². The predicted octanol–water partition coefficient (Wildman–Crippen LogP) is 4.76. The first-order chi connectivity index (χ1) is 13.2. The number of para-hydroxylation sites is 1. The number of hydrogen-bond acceptors (Lipinski definition) is 4. The Morgan fingerprint density at radius 2 is 1.74 bits per heavy atom. The Morgan fingerprint density at radius 3 is 2.63 bits per heavy atom. The molecule has 0 unspecified atom stereocenters. The molecule has 132 valence electrons. The molecule has 0 aliphatic heterocycles. The van der Waals surface area contributed by atoms with Crippen LogP contribution in [0.15, 0.2) is 79.1 Å². The number of nitrogens with one attached hydrogen (secondary N) is 2. The molecule has 0 aliphatic rings. The number of rotatable bonds is 4. The van der Waals surface area contributed by atoms with Crippen molar-refractivity contribution in [3.63, 3.8) is 0 Å². The molecular weight excluding hydrogens is 343 g/mol. The number of halogens is 1. The molecule has 2 aromatic carbocycles. The lowest BCUT2D eigenvalue weighted by Crippen LogP contribution is -2.13. The third kappa shape index (κ3) is 3.74. The minimum atomic E-state index is -0.350. The summed E-state index contributed by atoms with van der Waals surface area (Å²) in [7, 11) is 0. The van der Waals surface area contributed by atoms with E-state index in [1.165, 1.54) is 18.3 Å². The highest BCUT2D eigenvalue weighted by Crippen LogP contribution is 2.22. The molecule has 27 heavy (non-hydrogen) atoms. The fourth-order valence-electron chi connectivity index (χ4n) is 2.75. The molecule has 0 saturated carbocycles. The van der Waals surface area contributed by atoms with E-state index in [-0.39, 0.29) is 11.7 Å². The van der Waals surface area contributed by atoms with Crippen LogP contribution in [0.3, 0.4) is 0 Å². The van der Waals surface area contributed by atoms with Gasteiger partial charge in [0.2, 0.25) is 0 Å². The second-order valence-corrected chi connectivity index (χ2v) is 5.90. The molecule has 1 amide bonds. The van der Waals surface area contributed by atoms with Crippen molar-refractivity contribution in [3.8, 4) is 0 Å². The van der Waals surface area contributed by atoms with Gasteiger partial charge in [-0.15, -0.1) is 0 Å². The zero-order chi connectivity index (χ0) is 18.6. The Balaban J connectivity index is 1.57. The van der Waals surface area contributed by atoms with E-state index in [2.05, 4.69) is 20.6 Å². The average molecular weight is 358 g/mol. The Labute approximate surface area is 154 Å². The van der Waals surface area contributed by atoms with Gasteiger partial charge in [0.15, 0.2) is 0 Å². The van der Waals surface area contributed by atoms with Crippen LogP contribution in [0.1, 0.15) is 10.4 Å².